The zero-order valence-corrected chi connectivity index (χ0v) is 15.3. The molecule has 0 saturated heterocycles. The zero-order chi connectivity index (χ0) is 15.3. The highest BCUT2D eigenvalue weighted by molar-refractivity contribution is 6.75. The molecular weight excluding hydrogens is 327 g/mol. The van der Waals surface area contributed by atoms with Gasteiger partial charge in [0.25, 0.3) is 0 Å². The molecule has 0 heterocycles. The van der Waals surface area contributed by atoms with E-state index >= 15 is 0 Å². The topological polar surface area (TPSA) is 149 Å². The Kier molecular flexibility index (Phi) is 8.06. The minimum absolute atomic E-state index is 0.0989. The maximum Gasteiger partial charge on any atom is 0.881 e. The van der Waals surface area contributed by atoms with Gasteiger partial charge >= 0.3 is 41.6 Å². The molecule has 0 unspecified atom stereocenters. The van der Waals surface area contributed by atoms with Crippen molar-refractivity contribution >= 4 is 41.6 Å². The summed E-state index contributed by atoms with van der Waals surface area (Å²) in [5, 5.41) is 0. The van der Waals surface area contributed by atoms with Crippen molar-refractivity contribution in [1.82, 2.24) is 0 Å². The first-order valence-electron chi connectivity index (χ1n) is 5.84. The van der Waals surface area contributed by atoms with Crippen molar-refractivity contribution in [2.45, 2.75) is 38.9 Å². The fourth-order valence-electron chi connectivity index (χ4n) is 0.784. The Bertz CT molecular complexity index is 234. The van der Waals surface area contributed by atoms with Crippen LogP contribution in [0.4, 0.5) is 0 Å². The van der Waals surface area contributed by atoms with Gasteiger partial charge in [-0.15, -0.1) is 0 Å². The van der Waals surface area contributed by atoms with E-state index in [9.17, 15) is 28.8 Å². The van der Waals surface area contributed by atoms with Crippen LogP contribution in [-0.4, -0.2) is 70.3 Å². The van der Waals surface area contributed by atoms with E-state index in [1.165, 1.54) is 20.8 Å². The van der Waals surface area contributed by atoms with Gasteiger partial charge in [-0.25, -0.2) is 0 Å². The van der Waals surface area contributed by atoms with Crippen molar-refractivity contribution in [3.05, 3.63) is 0 Å². The van der Waals surface area contributed by atoms with Crippen LogP contribution in [0, 0.1) is 0 Å². The molecule has 0 aromatic carbocycles. The molecule has 0 bridgehead atoms. The first kappa shape index (κ1) is 19.8. The Balaban J connectivity index is 4.84. The third-order valence-electron chi connectivity index (χ3n) is 2.24. The largest absolute Gasteiger partial charge is 0.881 e. The summed E-state index contributed by atoms with van der Waals surface area (Å²) in [6.45, 7) is 4.38. The highest BCUT2D eigenvalue weighted by Gasteiger charge is 2.52. The Morgan fingerprint density at radius 2 is 0.842 bits per heavy atom. The van der Waals surface area contributed by atoms with Gasteiger partial charge in [0.2, 0.25) is 0 Å². The minimum atomic E-state index is -4.05. The van der Waals surface area contributed by atoms with Gasteiger partial charge < -0.3 is 39.2 Å². The highest BCUT2D eigenvalue weighted by Crippen LogP contribution is 2.15. The molecule has 0 aliphatic carbocycles. The lowest BCUT2D eigenvalue weighted by atomic mass is 11.0. The first-order chi connectivity index (χ1) is 8.47. The van der Waals surface area contributed by atoms with Crippen LogP contribution in [0.1, 0.15) is 20.8 Å². The van der Waals surface area contributed by atoms with Crippen LogP contribution in [0.15, 0.2) is 0 Å². The first-order valence-corrected chi connectivity index (χ1v) is 13.3. The SMILES string of the molecule is CC[Si](O)(O)[O][Al]([O][Si](O)(O)CC)[O][Si](O)(O)CC. The van der Waals surface area contributed by atoms with Crippen molar-refractivity contribution in [3.8, 4) is 0 Å². The quantitative estimate of drug-likeness (QED) is 0.256. The average Bonchev–Trinajstić information content (AvgIpc) is 2.27. The number of rotatable bonds is 9. The monoisotopic (exact) mass is 348 g/mol. The smallest absolute Gasteiger partial charge is 0.458 e. The molecule has 6 N–H and O–H groups in total. The van der Waals surface area contributed by atoms with Gasteiger partial charge in [-0.05, 0) is 0 Å². The molecule has 0 aromatic rings. The van der Waals surface area contributed by atoms with Crippen LogP contribution in [-0.2, 0) is 10.4 Å². The molecule has 0 fully saturated rings. The normalized spacial score (nSPS) is 13.7. The van der Waals surface area contributed by atoms with E-state index in [1.807, 2.05) is 0 Å². The van der Waals surface area contributed by atoms with Crippen molar-refractivity contribution in [2.75, 3.05) is 0 Å². The summed E-state index contributed by atoms with van der Waals surface area (Å²) < 4.78 is 14.5. The van der Waals surface area contributed by atoms with E-state index in [0.717, 1.165) is 0 Å². The van der Waals surface area contributed by atoms with Crippen molar-refractivity contribution in [2.24, 2.45) is 0 Å². The highest BCUT2D eigenvalue weighted by atomic mass is 28.4. The van der Waals surface area contributed by atoms with Crippen LogP contribution < -0.4 is 0 Å². The summed E-state index contributed by atoms with van der Waals surface area (Å²) in [7, 11) is -12.2. The molecule has 0 spiro atoms. The predicted molar refractivity (Wildman–Crippen MR) is 71.0 cm³/mol. The molecule has 9 nitrogen and oxygen atoms in total. The van der Waals surface area contributed by atoms with E-state index in [-0.39, 0.29) is 18.1 Å². The summed E-state index contributed by atoms with van der Waals surface area (Å²) in [5.74, 6) is 0. The lowest BCUT2D eigenvalue weighted by Crippen LogP contribution is -2.56. The predicted octanol–water partition coefficient (Wildman–Crippen LogP) is -2.15. The maximum absolute atomic E-state index is 9.48. The molecule has 19 heavy (non-hydrogen) atoms. The molecule has 0 saturated carbocycles. The van der Waals surface area contributed by atoms with Crippen molar-refractivity contribution < 1.29 is 39.2 Å². The standard InChI is InChI=1S/3C2H7O3Si.Al/c3*1-2-6(3,4)5;/h3*3-4H,2H2,1H3;/q3*-1;+3. The zero-order valence-electron chi connectivity index (χ0n) is 11.1. The van der Waals surface area contributed by atoms with Crippen molar-refractivity contribution in [3.63, 3.8) is 0 Å². The summed E-state index contributed by atoms with van der Waals surface area (Å²) >= 11 is -3.48. The summed E-state index contributed by atoms with van der Waals surface area (Å²) in [6, 6.07) is -0.297. The summed E-state index contributed by atoms with van der Waals surface area (Å²) in [4.78, 5) is 56.9. The molecule has 0 radical (unpaired) electrons. The lowest BCUT2D eigenvalue weighted by Gasteiger charge is -2.28. The molecule has 114 valence electrons. The van der Waals surface area contributed by atoms with Crippen LogP contribution in [0.25, 0.3) is 0 Å². The molecule has 0 aromatic heterocycles. The minimum Gasteiger partial charge on any atom is -0.458 e. The van der Waals surface area contributed by atoms with Gasteiger partial charge in [-0.3, -0.25) is 0 Å². The van der Waals surface area contributed by atoms with Crippen LogP contribution in [0.5, 0.6) is 0 Å². The van der Waals surface area contributed by atoms with Gasteiger partial charge in [-0.2, -0.15) is 0 Å². The second kappa shape index (κ2) is 7.72. The Morgan fingerprint density at radius 3 is 1.00 bits per heavy atom. The molecule has 13 heteroatoms. The van der Waals surface area contributed by atoms with E-state index in [2.05, 4.69) is 0 Å². The number of hydrogen-bond donors (Lipinski definition) is 6. The molecule has 0 amide bonds. The second-order valence-electron chi connectivity index (χ2n) is 3.93. The van der Waals surface area contributed by atoms with Crippen molar-refractivity contribution in [1.29, 1.82) is 0 Å². The van der Waals surface area contributed by atoms with Gasteiger partial charge in [0, 0.05) is 18.1 Å². The van der Waals surface area contributed by atoms with Gasteiger partial charge in [0.15, 0.2) is 0 Å². The Hall–Kier alpha value is 0.823. The molecule has 0 aliphatic heterocycles. The molecular formula is C6H21AlO9Si3. The third kappa shape index (κ3) is 8.65. The number of hydrogen-bond acceptors (Lipinski definition) is 9. The summed E-state index contributed by atoms with van der Waals surface area (Å²) in [5.41, 5.74) is 0. The fraction of sp³-hybridized carbons (Fsp3) is 1.00. The van der Waals surface area contributed by atoms with E-state index in [1.54, 1.807) is 0 Å². The Morgan fingerprint density at radius 1 is 0.632 bits per heavy atom. The van der Waals surface area contributed by atoms with E-state index in [0.29, 0.717) is 0 Å². The second-order valence-corrected chi connectivity index (χ2v) is 13.9. The fourth-order valence-corrected chi connectivity index (χ4v) is 8.36. The summed E-state index contributed by atoms with van der Waals surface area (Å²) in [6.07, 6.45) is 0. The van der Waals surface area contributed by atoms with E-state index < -0.39 is 41.6 Å². The third-order valence-corrected chi connectivity index (χ3v) is 11.8. The van der Waals surface area contributed by atoms with Crippen LogP contribution >= 0.6 is 0 Å². The van der Waals surface area contributed by atoms with Crippen LogP contribution in [0.2, 0.25) is 18.1 Å². The van der Waals surface area contributed by atoms with Gasteiger partial charge in [0.05, 0.1) is 0 Å². The molecule has 0 rings (SSSR count). The molecule has 0 atom stereocenters. The average molecular weight is 348 g/mol. The van der Waals surface area contributed by atoms with E-state index in [4.69, 9.17) is 10.4 Å². The van der Waals surface area contributed by atoms with Crippen LogP contribution in [0.3, 0.4) is 0 Å². The van der Waals surface area contributed by atoms with Gasteiger partial charge in [-0.1, -0.05) is 20.8 Å². The maximum atomic E-state index is 9.48. The van der Waals surface area contributed by atoms with Gasteiger partial charge in [0.1, 0.15) is 0 Å². The molecule has 0 aliphatic rings. The Labute approximate surface area is 120 Å². The lowest BCUT2D eigenvalue weighted by molar-refractivity contribution is 0.126.